The van der Waals surface area contributed by atoms with Crippen molar-refractivity contribution < 1.29 is 0 Å². The van der Waals surface area contributed by atoms with Crippen LogP contribution >= 0.6 is 11.6 Å². The molecule has 0 bridgehead atoms. The summed E-state index contributed by atoms with van der Waals surface area (Å²) in [5.41, 5.74) is 2.77. The van der Waals surface area contributed by atoms with Crippen LogP contribution in [0.1, 0.15) is 30.5 Å². The molecular weight excluding hydrogens is 220 g/mol. The van der Waals surface area contributed by atoms with Crippen molar-refractivity contribution in [2.75, 3.05) is 20.1 Å². The maximum absolute atomic E-state index is 6.09. The predicted molar refractivity (Wildman–Crippen MR) is 68.8 cm³/mol. The lowest BCUT2D eigenvalue weighted by molar-refractivity contribution is 0.318. The molecule has 0 amide bonds. The Morgan fingerprint density at radius 2 is 2.31 bits per heavy atom. The van der Waals surface area contributed by atoms with E-state index in [0.29, 0.717) is 6.04 Å². The number of benzene rings is 1. The van der Waals surface area contributed by atoms with Gasteiger partial charge in [-0.15, -0.1) is 0 Å². The van der Waals surface area contributed by atoms with Crippen molar-refractivity contribution in [3.8, 4) is 0 Å². The van der Waals surface area contributed by atoms with Crippen molar-refractivity contribution in [1.29, 1.82) is 0 Å². The minimum absolute atomic E-state index is 0.448. The van der Waals surface area contributed by atoms with E-state index in [4.69, 9.17) is 11.6 Å². The maximum atomic E-state index is 6.09. The summed E-state index contributed by atoms with van der Waals surface area (Å²) in [5.74, 6) is 0. The quantitative estimate of drug-likeness (QED) is 0.853. The predicted octanol–water partition coefficient (Wildman–Crippen LogP) is 2.83. The van der Waals surface area contributed by atoms with Crippen molar-refractivity contribution in [2.24, 2.45) is 0 Å². The molecule has 1 aromatic carbocycles. The van der Waals surface area contributed by atoms with Crippen molar-refractivity contribution in [1.82, 2.24) is 10.2 Å². The largest absolute Gasteiger partial charge is 0.310 e. The minimum Gasteiger partial charge on any atom is -0.310 e. The fourth-order valence-corrected chi connectivity index (χ4v) is 2.55. The van der Waals surface area contributed by atoms with E-state index in [1.165, 1.54) is 11.1 Å². The molecular formula is C13H19ClN2. The van der Waals surface area contributed by atoms with Gasteiger partial charge in [0.1, 0.15) is 0 Å². The zero-order chi connectivity index (χ0) is 11.5. The highest BCUT2D eigenvalue weighted by molar-refractivity contribution is 6.30. The van der Waals surface area contributed by atoms with E-state index in [9.17, 15) is 0 Å². The molecule has 0 saturated heterocycles. The Morgan fingerprint density at radius 1 is 1.50 bits per heavy atom. The molecule has 2 nitrogen and oxygen atoms in total. The van der Waals surface area contributed by atoms with Crippen LogP contribution in [0.2, 0.25) is 5.02 Å². The third kappa shape index (κ3) is 2.57. The second-order valence-corrected chi connectivity index (χ2v) is 4.92. The van der Waals surface area contributed by atoms with Crippen molar-refractivity contribution in [2.45, 2.75) is 25.9 Å². The summed E-state index contributed by atoms with van der Waals surface area (Å²) in [6, 6.07) is 6.71. The van der Waals surface area contributed by atoms with Gasteiger partial charge in [0.2, 0.25) is 0 Å². The molecule has 1 atom stereocenters. The van der Waals surface area contributed by atoms with Crippen LogP contribution in [0.15, 0.2) is 18.2 Å². The summed E-state index contributed by atoms with van der Waals surface area (Å²) < 4.78 is 0. The van der Waals surface area contributed by atoms with E-state index in [0.717, 1.165) is 31.1 Å². The molecule has 0 aromatic heterocycles. The summed E-state index contributed by atoms with van der Waals surface area (Å²) >= 11 is 6.09. The smallest absolute Gasteiger partial charge is 0.0409 e. The molecule has 0 radical (unpaired) electrons. The zero-order valence-corrected chi connectivity index (χ0v) is 10.7. The second-order valence-electron chi connectivity index (χ2n) is 4.48. The minimum atomic E-state index is 0.448. The Balaban J connectivity index is 2.35. The highest BCUT2D eigenvalue weighted by Gasteiger charge is 2.20. The number of rotatable bonds is 2. The summed E-state index contributed by atoms with van der Waals surface area (Å²) in [6.07, 6.45) is 1.15. The first-order valence-electron chi connectivity index (χ1n) is 5.91. The van der Waals surface area contributed by atoms with E-state index < -0.39 is 0 Å². The third-order valence-electron chi connectivity index (χ3n) is 3.17. The fourth-order valence-electron chi connectivity index (χ4n) is 2.37. The summed E-state index contributed by atoms with van der Waals surface area (Å²) in [4.78, 5) is 2.37. The second kappa shape index (κ2) is 5.17. The molecule has 2 rings (SSSR count). The van der Waals surface area contributed by atoms with E-state index in [2.05, 4.69) is 36.3 Å². The van der Waals surface area contributed by atoms with Crippen LogP contribution in [0.4, 0.5) is 0 Å². The van der Waals surface area contributed by atoms with Crippen LogP contribution < -0.4 is 5.32 Å². The monoisotopic (exact) mass is 238 g/mol. The Labute approximate surface area is 103 Å². The van der Waals surface area contributed by atoms with Gasteiger partial charge in [0, 0.05) is 17.6 Å². The van der Waals surface area contributed by atoms with Gasteiger partial charge in [-0.1, -0.05) is 24.6 Å². The molecule has 0 fully saturated rings. The van der Waals surface area contributed by atoms with E-state index in [-0.39, 0.29) is 0 Å². The van der Waals surface area contributed by atoms with Crippen molar-refractivity contribution >= 4 is 11.6 Å². The molecule has 1 aromatic rings. The molecule has 0 spiro atoms. The van der Waals surface area contributed by atoms with Crippen LogP contribution in [0.3, 0.4) is 0 Å². The van der Waals surface area contributed by atoms with Crippen LogP contribution in [0.25, 0.3) is 0 Å². The standard InChI is InChI=1S/C13H19ClN2/c1-3-15-13-6-7-16(2)9-10-4-5-11(14)8-12(10)13/h4-5,8,13,15H,3,6-7,9H2,1-2H3. The van der Waals surface area contributed by atoms with Gasteiger partial charge < -0.3 is 10.2 Å². The van der Waals surface area contributed by atoms with Gasteiger partial charge in [-0.2, -0.15) is 0 Å². The highest BCUT2D eigenvalue weighted by atomic mass is 35.5. The topological polar surface area (TPSA) is 15.3 Å². The van der Waals surface area contributed by atoms with Gasteiger partial charge in [0.15, 0.2) is 0 Å². The SMILES string of the molecule is CCNC1CCN(C)Cc2ccc(Cl)cc21. The Bertz CT molecular complexity index is 365. The van der Waals surface area contributed by atoms with Gasteiger partial charge in [0.05, 0.1) is 0 Å². The lowest BCUT2D eigenvalue weighted by atomic mass is 9.99. The number of hydrogen-bond donors (Lipinski definition) is 1. The summed E-state index contributed by atoms with van der Waals surface area (Å²) in [5, 5.41) is 4.38. The van der Waals surface area contributed by atoms with Gasteiger partial charge in [0.25, 0.3) is 0 Å². The molecule has 3 heteroatoms. The maximum Gasteiger partial charge on any atom is 0.0409 e. The third-order valence-corrected chi connectivity index (χ3v) is 3.41. The highest BCUT2D eigenvalue weighted by Crippen LogP contribution is 2.28. The average Bonchev–Trinajstić information content (AvgIpc) is 2.40. The lowest BCUT2D eigenvalue weighted by Crippen LogP contribution is -2.23. The van der Waals surface area contributed by atoms with Crippen LogP contribution in [0, 0.1) is 0 Å². The first-order valence-corrected chi connectivity index (χ1v) is 6.28. The molecule has 0 saturated carbocycles. The van der Waals surface area contributed by atoms with Gasteiger partial charge in [-0.3, -0.25) is 0 Å². The number of nitrogens with zero attached hydrogens (tertiary/aromatic N) is 1. The normalized spacial score (nSPS) is 21.6. The zero-order valence-electron chi connectivity index (χ0n) is 9.96. The molecule has 1 unspecified atom stereocenters. The van der Waals surface area contributed by atoms with Crippen molar-refractivity contribution in [3.05, 3.63) is 34.3 Å². The first kappa shape index (κ1) is 11.9. The number of nitrogens with one attached hydrogen (secondary N) is 1. The van der Waals surface area contributed by atoms with E-state index in [1.807, 2.05) is 6.07 Å². The molecule has 1 N–H and O–H groups in total. The number of hydrogen-bond acceptors (Lipinski definition) is 2. The molecule has 88 valence electrons. The summed E-state index contributed by atoms with van der Waals surface area (Å²) in [6.45, 7) is 5.30. The van der Waals surface area contributed by atoms with Crippen LogP contribution in [-0.2, 0) is 6.54 Å². The molecule has 16 heavy (non-hydrogen) atoms. The molecule has 1 aliphatic rings. The Kier molecular flexibility index (Phi) is 3.85. The fraction of sp³-hybridized carbons (Fsp3) is 0.538. The average molecular weight is 239 g/mol. The Morgan fingerprint density at radius 3 is 3.06 bits per heavy atom. The van der Waals surface area contributed by atoms with Gasteiger partial charge >= 0.3 is 0 Å². The first-order chi connectivity index (χ1) is 7.70. The van der Waals surface area contributed by atoms with Gasteiger partial charge in [-0.05, 0) is 49.8 Å². The Hall–Kier alpha value is -0.570. The molecule has 1 aliphatic heterocycles. The van der Waals surface area contributed by atoms with E-state index >= 15 is 0 Å². The molecule has 1 heterocycles. The number of halogens is 1. The van der Waals surface area contributed by atoms with Crippen molar-refractivity contribution in [3.63, 3.8) is 0 Å². The van der Waals surface area contributed by atoms with Crippen LogP contribution in [-0.4, -0.2) is 25.0 Å². The number of fused-ring (bicyclic) bond motifs is 1. The van der Waals surface area contributed by atoms with E-state index in [1.54, 1.807) is 0 Å². The summed E-state index contributed by atoms with van der Waals surface area (Å²) in [7, 11) is 2.17. The lowest BCUT2D eigenvalue weighted by Gasteiger charge is -2.18. The van der Waals surface area contributed by atoms with Gasteiger partial charge in [-0.25, -0.2) is 0 Å². The van der Waals surface area contributed by atoms with Crippen LogP contribution in [0.5, 0.6) is 0 Å². The molecule has 0 aliphatic carbocycles.